The molecule has 4 aliphatic rings. The lowest BCUT2D eigenvalue weighted by Crippen LogP contribution is -2.53. The number of rotatable bonds is 6. The van der Waals surface area contributed by atoms with Crippen LogP contribution >= 0.6 is 0 Å². The maximum absolute atomic E-state index is 12.4. The maximum Gasteiger partial charge on any atom is 0.330 e. The predicted molar refractivity (Wildman–Crippen MR) is 141 cm³/mol. The fourth-order valence-electron chi connectivity index (χ4n) is 7.81. The van der Waals surface area contributed by atoms with Gasteiger partial charge in [0.05, 0.1) is 5.60 Å². The minimum Gasteiger partial charge on any atom is -0.479 e. The zero-order valence-corrected chi connectivity index (χ0v) is 21.9. The third-order valence-corrected chi connectivity index (χ3v) is 10.2. The van der Waals surface area contributed by atoms with Crippen LogP contribution in [-0.4, -0.2) is 40.0 Å². The zero-order valence-electron chi connectivity index (χ0n) is 21.9. The van der Waals surface area contributed by atoms with Crippen LogP contribution in [0.25, 0.3) is 0 Å². The lowest BCUT2D eigenvalue weighted by atomic mass is 9.47. The molecule has 0 saturated heterocycles. The highest BCUT2D eigenvalue weighted by Crippen LogP contribution is 2.66. The highest BCUT2D eigenvalue weighted by Gasteiger charge is 2.61. The molecule has 3 N–H and O–H groups in total. The largest absolute Gasteiger partial charge is 0.479 e. The summed E-state index contributed by atoms with van der Waals surface area (Å²) in [7, 11) is 0. The van der Waals surface area contributed by atoms with E-state index in [-0.39, 0.29) is 17.4 Å². The molecule has 5 rings (SSSR count). The van der Waals surface area contributed by atoms with E-state index in [1.807, 2.05) is 13.0 Å². The van der Waals surface area contributed by atoms with Gasteiger partial charge in [0.25, 0.3) is 5.91 Å². The fourth-order valence-corrected chi connectivity index (χ4v) is 7.81. The van der Waals surface area contributed by atoms with Crippen LogP contribution in [0.1, 0.15) is 70.9 Å². The minimum absolute atomic E-state index is 0.00527. The van der Waals surface area contributed by atoms with E-state index >= 15 is 0 Å². The van der Waals surface area contributed by atoms with Crippen molar-refractivity contribution in [3.05, 3.63) is 59.7 Å². The molecule has 0 bridgehead atoms. The van der Waals surface area contributed by atoms with Gasteiger partial charge in [-0.1, -0.05) is 61.0 Å². The van der Waals surface area contributed by atoms with Crippen molar-refractivity contribution in [1.82, 2.24) is 5.32 Å². The van der Waals surface area contributed by atoms with Crippen molar-refractivity contribution < 1.29 is 24.6 Å². The van der Waals surface area contributed by atoms with Crippen LogP contribution in [0.2, 0.25) is 0 Å². The minimum atomic E-state index is -1.14. The molecule has 4 aliphatic carbocycles. The number of amides is 1. The van der Waals surface area contributed by atoms with Crippen molar-refractivity contribution in [2.75, 3.05) is 6.61 Å². The van der Waals surface area contributed by atoms with E-state index in [1.54, 1.807) is 30.3 Å². The fraction of sp³-hybridized carbons (Fsp3) is 0.567. The summed E-state index contributed by atoms with van der Waals surface area (Å²) in [5.41, 5.74) is 1.92. The molecule has 0 aromatic heterocycles. The number of carbonyl (C=O) groups is 2. The SMILES string of the molecule is C[C@]12C=C/C(=N\OCC(=O)NC(C(=O)O)c3ccccc3)C=C1CCC1C2CC[C@@]2(C)C1CC[C@]2(C)O. The van der Waals surface area contributed by atoms with E-state index in [0.29, 0.717) is 29.0 Å². The smallest absolute Gasteiger partial charge is 0.330 e. The monoisotopic (exact) mass is 506 g/mol. The molecule has 0 spiro atoms. The van der Waals surface area contributed by atoms with Crippen LogP contribution in [0, 0.1) is 28.6 Å². The summed E-state index contributed by atoms with van der Waals surface area (Å²) < 4.78 is 0. The molecule has 0 radical (unpaired) electrons. The number of benzene rings is 1. The Morgan fingerprint density at radius 1 is 1.11 bits per heavy atom. The molecule has 7 atom stereocenters. The summed E-state index contributed by atoms with van der Waals surface area (Å²) in [5.74, 6) is 0.0520. The van der Waals surface area contributed by atoms with E-state index in [2.05, 4.69) is 36.5 Å². The average molecular weight is 507 g/mol. The molecule has 1 amide bonds. The van der Waals surface area contributed by atoms with E-state index in [0.717, 1.165) is 38.5 Å². The molecule has 0 aliphatic heterocycles. The normalized spacial score (nSPS) is 38.1. The first-order valence-corrected chi connectivity index (χ1v) is 13.4. The number of hydrogen-bond acceptors (Lipinski definition) is 5. The molecule has 7 heteroatoms. The summed E-state index contributed by atoms with van der Waals surface area (Å²) >= 11 is 0. The number of carboxylic acids is 1. The van der Waals surface area contributed by atoms with Crippen molar-refractivity contribution in [3.63, 3.8) is 0 Å². The first-order chi connectivity index (χ1) is 17.5. The number of nitrogens with zero attached hydrogens (tertiary/aromatic N) is 1. The lowest BCUT2D eigenvalue weighted by Gasteiger charge is -2.58. The van der Waals surface area contributed by atoms with Crippen molar-refractivity contribution in [1.29, 1.82) is 0 Å². The van der Waals surface area contributed by atoms with E-state index < -0.39 is 23.5 Å². The van der Waals surface area contributed by atoms with Crippen LogP contribution in [0.3, 0.4) is 0 Å². The number of oxime groups is 1. The van der Waals surface area contributed by atoms with Crippen LogP contribution in [0.5, 0.6) is 0 Å². The molecule has 3 saturated carbocycles. The first-order valence-electron chi connectivity index (χ1n) is 13.4. The van der Waals surface area contributed by atoms with Gasteiger partial charge in [-0.3, -0.25) is 4.79 Å². The predicted octanol–water partition coefficient (Wildman–Crippen LogP) is 4.79. The Morgan fingerprint density at radius 3 is 2.57 bits per heavy atom. The van der Waals surface area contributed by atoms with Gasteiger partial charge in [0.1, 0.15) is 5.71 Å². The molecule has 37 heavy (non-hydrogen) atoms. The van der Waals surface area contributed by atoms with Crippen LogP contribution < -0.4 is 5.32 Å². The van der Waals surface area contributed by atoms with Gasteiger partial charge in [0, 0.05) is 5.41 Å². The molecule has 4 unspecified atom stereocenters. The molecule has 198 valence electrons. The standard InChI is InChI=1S/C30H38N2O5/c1-28-14-11-21(32-37-18-25(33)31-26(27(34)35)19-7-5-4-6-8-19)17-20(28)9-10-22-23(28)12-15-29(2)24(22)13-16-30(29,3)36/h4-8,11,14,17,22-24,26,36H,9-10,12-13,15-16,18H2,1-3H3,(H,31,33)(H,34,35)/b32-21+/t22?,23?,24?,26?,28-,29-,30-/m0/s1. The van der Waals surface area contributed by atoms with E-state index in [4.69, 9.17) is 4.84 Å². The van der Waals surface area contributed by atoms with Crippen molar-refractivity contribution in [3.8, 4) is 0 Å². The molecule has 1 aromatic carbocycles. The summed E-state index contributed by atoms with van der Waals surface area (Å²) in [5, 5.41) is 27.3. The van der Waals surface area contributed by atoms with Crippen LogP contribution in [0.4, 0.5) is 0 Å². The van der Waals surface area contributed by atoms with Gasteiger partial charge in [-0.2, -0.15) is 0 Å². The molecule has 7 nitrogen and oxygen atoms in total. The molecule has 0 heterocycles. The number of allylic oxidation sites excluding steroid dienone is 4. The van der Waals surface area contributed by atoms with E-state index in [9.17, 15) is 19.8 Å². The number of nitrogens with one attached hydrogen (secondary N) is 1. The van der Waals surface area contributed by atoms with Gasteiger partial charge in [-0.25, -0.2) is 4.79 Å². The molecule has 3 fully saturated rings. The number of carbonyl (C=O) groups excluding carboxylic acids is 1. The first kappa shape index (κ1) is 25.7. The Balaban J connectivity index is 1.22. The molecular formula is C30H38N2O5. The third-order valence-electron chi connectivity index (χ3n) is 10.2. The Bertz CT molecular complexity index is 1160. The Hall–Kier alpha value is -2.93. The highest BCUT2D eigenvalue weighted by molar-refractivity contribution is 6.05. The number of hydrogen-bond donors (Lipinski definition) is 3. The third kappa shape index (κ3) is 4.41. The van der Waals surface area contributed by atoms with Crippen molar-refractivity contribution in [2.45, 2.75) is 70.9 Å². The number of aliphatic hydroxyl groups is 1. The second-order valence-electron chi connectivity index (χ2n) is 12.0. The summed E-state index contributed by atoms with van der Waals surface area (Å²) in [6.07, 6.45) is 12.6. The highest BCUT2D eigenvalue weighted by atomic mass is 16.6. The number of fused-ring (bicyclic) bond motifs is 5. The lowest BCUT2D eigenvalue weighted by molar-refractivity contribution is -0.142. The summed E-state index contributed by atoms with van der Waals surface area (Å²) in [4.78, 5) is 29.3. The Morgan fingerprint density at radius 2 is 1.84 bits per heavy atom. The second kappa shape index (κ2) is 9.43. The zero-order chi connectivity index (χ0) is 26.4. The van der Waals surface area contributed by atoms with Gasteiger partial charge >= 0.3 is 5.97 Å². The summed E-state index contributed by atoms with van der Waals surface area (Å²) in [6, 6.07) is 7.43. The average Bonchev–Trinajstić information content (AvgIpc) is 3.11. The van der Waals surface area contributed by atoms with Crippen LogP contribution in [-0.2, 0) is 14.4 Å². The number of carboxylic acid groups (broad SMARTS) is 1. The van der Waals surface area contributed by atoms with Gasteiger partial charge < -0.3 is 20.4 Å². The van der Waals surface area contributed by atoms with Gasteiger partial charge in [0.2, 0.25) is 0 Å². The second-order valence-corrected chi connectivity index (χ2v) is 12.0. The van der Waals surface area contributed by atoms with Crippen molar-refractivity contribution in [2.24, 2.45) is 33.7 Å². The quantitative estimate of drug-likeness (QED) is 0.481. The van der Waals surface area contributed by atoms with Gasteiger partial charge in [-0.15, -0.1) is 0 Å². The van der Waals surface area contributed by atoms with E-state index in [1.165, 1.54) is 5.57 Å². The Labute approximate surface area is 218 Å². The van der Waals surface area contributed by atoms with Gasteiger partial charge in [-0.05, 0) is 86.3 Å². The summed E-state index contributed by atoms with van der Waals surface area (Å²) in [6.45, 7) is 6.32. The molecule has 1 aromatic rings. The maximum atomic E-state index is 12.4. The Kier molecular flexibility index (Phi) is 6.55. The van der Waals surface area contributed by atoms with Crippen molar-refractivity contribution >= 4 is 17.6 Å². The van der Waals surface area contributed by atoms with Gasteiger partial charge in [0.15, 0.2) is 12.6 Å². The van der Waals surface area contributed by atoms with Crippen LogP contribution in [0.15, 0.2) is 59.3 Å². The molecular weight excluding hydrogens is 468 g/mol. The number of aliphatic carboxylic acids is 1. The topological polar surface area (TPSA) is 108 Å².